The SMILES string of the molecule is C#CCN(CCc1ccccc1C)C(C)C1=C=CC=C(c2ccc(C)cc2)S1. The molecule has 0 aliphatic carbocycles. The molecule has 0 fully saturated rings. The van der Waals surface area contributed by atoms with Gasteiger partial charge in [-0.25, -0.2) is 0 Å². The summed E-state index contributed by atoms with van der Waals surface area (Å²) < 4.78 is 0. The van der Waals surface area contributed by atoms with E-state index in [9.17, 15) is 0 Å². The molecule has 2 aromatic carbocycles. The van der Waals surface area contributed by atoms with Gasteiger partial charge < -0.3 is 0 Å². The average Bonchev–Trinajstić information content (AvgIpc) is 2.72. The third-order valence-electron chi connectivity index (χ3n) is 5.17. The largest absolute Gasteiger partial charge is 0.284 e. The molecule has 1 nitrogen and oxygen atoms in total. The van der Waals surface area contributed by atoms with Crippen molar-refractivity contribution in [3.8, 4) is 12.3 Å². The van der Waals surface area contributed by atoms with Gasteiger partial charge in [-0.1, -0.05) is 71.8 Å². The van der Waals surface area contributed by atoms with Gasteiger partial charge in [0.1, 0.15) is 0 Å². The zero-order valence-electron chi connectivity index (χ0n) is 16.9. The van der Waals surface area contributed by atoms with Crippen molar-refractivity contribution in [3.63, 3.8) is 0 Å². The molecule has 2 heteroatoms. The van der Waals surface area contributed by atoms with Crippen LogP contribution in [0.5, 0.6) is 0 Å². The molecule has 28 heavy (non-hydrogen) atoms. The Morgan fingerprint density at radius 3 is 2.57 bits per heavy atom. The minimum absolute atomic E-state index is 0.232. The number of nitrogens with zero attached hydrogens (tertiary/aromatic N) is 1. The van der Waals surface area contributed by atoms with E-state index < -0.39 is 0 Å². The van der Waals surface area contributed by atoms with Gasteiger partial charge in [-0.3, -0.25) is 4.90 Å². The molecule has 0 N–H and O–H groups in total. The number of hydrogen-bond donors (Lipinski definition) is 0. The molecule has 3 rings (SSSR count). The van der Waals surface area contributed by atoms with Crippen LogP contribution in [0.15, 0.2) is 71.3 Å². The van der Waals surface area contributed by atoms with Crippen molar-refractivity contribution < 1.29 is 0 Å². The highest BCUT2D eigenvalue weighted by molar-refractivity contribution is 8.11. The molecule has 0 radical (unpaired) electrons. The van der Waals surface area contributed by atoms with Gasteiger partial charge in [0.2, 0.25) is 0 Å². The molecule has 1 heterocycles. The van der Waals surface area contributed by atoms with Gasteiger partial charge >= 0.3 is 0 Å². The summed E-state index contributed by atoms with van der Waals surface area (Å²) in [5.41, 5.74) is 8.70. The first kappa shape index (κ1) is 20.3. The van der Waals surface area contributed by atoms with Gasteiger partial charge in [-0.15, -0.1) is 12.2 Å². The summed E-state index contributed by atoms with van der Waals surface area (Å²) in [6, 6.07) is 17.5. The van der Waals surface area contributed by atoms with E-state index in [0.717, 1.165) is 13.0 Å². The summed E-state index contributed by atoms with van der Waals surface area (Å²) >= 11 is 1.80. The van der Waals surface area contributed by atoms with Crippen molar-refractivity contribution in [2.24, 2.45) is 0 Å². The Kier molecular flexibility index (Phi) is 7.01. The minimum atomic E-state index is 0.232. The molecule has 1 unspecified atom stereocenters. The van der Waals surface area contributed by atoms with Crippen molar-refractivity contribution in [2.75, 3.05) is 13.1 Å². The van der Waals surface area contributed by atoms with E-state index >= 15 is 0 Å². The second-order valence-corrected chi connectivity index (χ2v) is 8.29. The zero-order valence-corrected chi connectivity index (χ0v) is 17.7. The van der Waals surface area contributed by atoms with Gasteiger partial charge in [0.05, 0.1) is 6.54 Å². The number of benzene rings is 2. The monoisotopic (exact) mass is 385 g/mol. The Balaban J connectivity index is 1.70. The van der Waals surface area contributed by atoms with Crippen LogP contribution in [0.3, 0.4) is 0 Å². The first-order valence-corrected chi connectivity index (χ1v) is 10.5. The van der Waals surface area contributed by atoms with E-state index in [4.69, 9.17) is 6.42 Å². The number of allylic oxidation sites excluding steroid dienone is 1. The van der Waals surface area contributed by atoms with E-state index in [-0.39, 0.29) is 6.04 Å². The van der Waals surface area contributed by atoms with Crippen molar-refractivity contribution in [1.29, 1.82) is 0 Å². The van der Waals surface area contributed by atoms with Gasteiger partial charge in [-0.05, 0) is 56.0 Å². The second-order valence-electron chi connectivity index (χ2n) is 7.20. The maximum Gasteiger partial charge on any atom is 0.0604 e. The predicted molar refractivity (Wildman–Crippen MR) is 123 cm³/mol. The standard InChI is InChI=1S/C26H27NS/c1-5-18-27(19-17-23-10-7-6-9-21(23)3)22(4)25-11-8-12-26(28-25)24-15-13-20(2)14-16-24/h1,6-10,12-16,22H,17-19H2,2-4H3. The fraction of sp³-hybridized carbons (Fsp3) is 0.269. The summed E-state index contributed by atoms with van der Waals surface area (Å²) in [6.07, 6.45) is 10.9. The number of thioether (sulfide) groups is 1. The van der Waals surface area contributed by atoms with E-state index in [1.807, 2.05) is 6.08 Å². The molecule has 0 aromatic heterocycles. The maximum absolute atomic E-state index is 5.68. The minimum Gasteiger partial charge on any atom is -0.284 e. The molecule has 0 amide bonds. The summed E-state index contributed by atoms with van der Waals surface area (Å²) in [6.45, 7) is 8.10. The maximum atomic E-state index is 5.68. The molecule has 2 aromatic rings. The molecule has 142 valence electrons. The number of terminal acetylenes is 1. The van der Waals surface area contributed by atoms with Crippen molar-refractivity contribution in [3.05, 3.63) is 93.6 Å². The Morgan fingerprint density at radius 2 is 1.86 bits per heavy atom. The second kappa shape index (κ2) is 9.67. The number of aryl methyl sites for hydroxylation is 2. The Bertz CT molecular complexity index is 953. The van der Waals surface area contributed by atoms with Crippen LogP contribution in [0.1, 0.15) is 29.2 Å². The van der Waals surface area contributed by atoms with Crippen LogP contribution in [0.4, 0.5) is 0 Å². The molecule has 1 atom stereocenters. The van der Waals surface area contributed by atoms with Crippen LogP contribution in [0, 0.1) is 26.2 Å². The van der Waals surface area contributed by atoms with Crippen molar-refractivity contribution >= 4 is 16.7 Å². The summed E-state index contributed by atoms with van der Waals surface area (Å²) in [5, 5.41) is 0. The lowest BCUT2D eigenvalue weighted by molar-refractivity contribution is 0.272. The third kappa shape index (κ3) is 5.09. The summed E-state index contributed by atoms with van der Waals surface area (Å²) in [4.78, 5) is 4.85. The molecular formula is C26H27NS. The molecule has 0 spiro atoms. The Hall–Kier alpha value is -2.43. The van der Waals surface area contributed by atoms with E-state index in [2.05, 4.69) is 91.9 Å². The van der Waals surface area contributed by atoms with Gasteiger partial charge in [0.15, 0.2) is 0 Å². The fourth-order valence-electron chi connectivity index (χ4n) is 3.31. The van der Waals surface area contributed by atoms with E-state index in [1.54, 1.807) is 11.8 Å². The summed E-state index contributed by atoms with van der Waals surface area (Å²) in [5.74, 6) is 2.84. The zero-order chi connectivity index (χ0) is 19.9. The van der Waals surface area contributed by atoms with Crippen LogP contribution in [-0.4, -0.2) is 24.0 Å². The van der Waals surface area contributed by atoms with Gasteiger partial charge in [0.25, 0.3) is 0 Å². The van der Waals surface area contributed by atoms with Crippen LogP contribution in [0.25, 0.3) is 4.91 Å². The van der Waals surface area contributed by atoms with Crippen LogP contribution in [-0.2, 0) is 6.42 Å². The molecule has 0 bridgehead atoms. The molecule has 0 saturated carbocycles. The Labute approximate surface area is 173 Å². The van der Waals surface area contributed by atoms with Crippen LogP contribution < -0.4 is 0 Å². The highest BCUT2D eigenvalue weighted by Crippen LogP contribution is 2.38. The molecule has 1 aliphatic heterocycles. The van der Waals surface area contributed by atoms with Gasteiger partial charge in [-0.2, -0.15) is 0 Å². The topological polar surface area (TPSA) is 3.24 Å². The van der Waals surface area contributed by atoms with Gasteiger partial charge in [0, 0.05) is 22.4 Å². The molecular weight excluding hydrogens is 358 g/mol. The van der Waals surface area contributed by atoms with E-state index in [1.165, 1.54) is 32.1 Å². The van der Waals surface area contributed by atoms with Crippen LogP contribution in [0.2, 0.25) is 0 Å². The van der Waals surface area contributed by atoms with E-state index in [0.29, 0.717) is 6.54 Å². The lowest BCUT2D eigenvalue weighted by Crippen LogP contribution is -2.36. The molecule has 0 saturated heterocycles. The fourth-order valence-corrected chi connectivity index (χ4v) is 4.38. The lowest BCUT2D eigenvalue weighted by atomic mass is 10.1. The summed E-state index contributed by atoms with van der Waals surface area (Å²) in [7, 11) is 0. The molecule has 1 aliphatic rings. The van der Waals surface area contributed by atoms with Crippen LogP contribution >= 0.6 is 11.8 Å². The number of rotatable bonds is 7. The smallest absolute Gasteiger partial charge is 0.0604 e. The lowest BCUT2D eigenvalue weighted by Gasteiger charge is -2.29. The number of hydrogen-bond acceptors (Lipinski definition) is 2. The first-order chi connectivity index (χ1) is 13.6. The third-order valence-corrected chi connectivity index (χ3v) is 6.44. The highest BCUT2D eigenvalue weighted by atomic mass is 32.2. The highest BCUT2D eigenvalue weighted by Gasteiger charge is 2.20. The Morgan fingerprint density at radius 1 is 1.11 bits per heavy atom. The van der Waals surface area contributed by atoms with Crippen molar-refractivity contribution in [2.45, 2.75) is 33.2 Å². The first-order valence-electron chi connectivity index (χ1n) is 9.72. The predicted octanol–water partition coefficient (Wildman–Crippen LogP) is 6.00. The normalized spacial score (nSPS) is 14.4. The van der Waals surface area contributed by atoms with Crippen molar-refractivity contribution in [1.82, 2.24) is 4.90 Å². The average molecular weight is 386 g/mol. The quantitative estimate of drug-likeness (QED) is 0.425.